The number of hydrogen-bond donors (Lipinski definition) is 2. The van der Waals surface area contributed by atoms with Gasteiger partial charge >= 0.3 is 12.4 Å². The summed E-state index contributed by atoms with van der Waals surface area (Å²) in [6.45, 7) is 0.542. The Morgan fingerprint density at radius 3 is 2.49 bits per heavy atom. The Morgan fingerprint density at radius 1 is 1.09 bits per heavy atom. The van der Waals surface area contributed by atoms with E-state index >= 15 is 0 Å². The summed E-state index contributed by atoms with van der Waals surface area (Å²) in [5, 5.41) is 18.6. The molecule has 8 nitrogen and oxygen atoms in total. The number of thioether (sulfide) groups is 1. The van der Waals surface area contributed by atoms with Crippen molar-refractivity contribution in [1.29, 1.82) is 0 Å². The van der Waals surface area contributed by atoms with Crippen molar-refractivity contribution in [2.45, 2.75) is 56.3 Å². The summed E-state index contributed by atoms with van der Waals surface area (Å²) in [6, 6.07) is 6.44. The van der Waals surface area contributed by atoms with Gasteiger partial charge in [-0.15, -0.1) is 0 Å². The Hall–Kier alpha value is -3.56. The zero-order valence-electron chi connectivity index (χ0n) is 23.6. The van der Waals surface area contributed by atoms with Gasteiger partial charge in [-0.1, -0.05) is 12.1 Å². The number of fused-ring (bicyclic) bond motifs is 1. The van der Waals surface area contributed by atoms with Gasteiger partial charge in [-0.3, -0.25) is 14.3 Å². The number of nitrogens with zero attached hydrogens (tertiary/aromatic N) is 3. The van der Waals surface area contributed by atoms with Gasteiger partial charge in [0.25, 0.3) is 5.24 Å². The molecule has 2 amide bonds. The van der Waals surface area contributed by atoms with Crippen molar-refractivity contribution < 1.29 is 45.8 Å². The Morgan fingerprint density at radius 2 is 1.82 bits per heavy atom. The summed E-state index contributed by atoms with van der Waals surface area (Å²) in [4.78, 5) is 27.3. The van der Waals surface area contributed by atoms with Crippen LogP contribution >= 0.6 is 11.8 Å². The number of halogens is 6. The van der Waals surface area contributed by atoms with Crippen LogP contribution < -0.4 is 5.32 Å². The van der Waals surface area contributed by atoms with E-state index in [0.717, 1.165) is 30.7 Å². The van der Waals surface area contributed by atoms with E-state index in [1.54, 1.807) is 24.3 Å². The fourth-order valence-corrected chi connectivity index (χ4v) is 6.55. The van der Waals surface area contributed by atoms with Gasteiger partial charge in [0.15, 0.2) is 6.23 Å². The molecule has 3 heterocycles. The zero-order chi connectivity index (χ0) is 32.1. The van der Waals surface area contributed by atoms with Gasteiger partial charge < -0.3 is 20.1 Å². The minimum atomic E-state index is -5.00. The van der Waals surface area contributed by atoms with Gasteiger partial charge in [0.05, 0.1) is 34.9 Å². The maximum Gasteiger partial charge on any atom is 0.416 e. The molecular formula is C30H28F6N4O4S. The van der Waals surface area contributed by atoms with E-state index in [1.165, 1.54) is 15.8 Å². The van der Waals surface area contributed by atoms with Gasteiger partial charge in [-0.05, 0) is 78.9 Å². The minimum Gasteiger partial charge on any atom is -0.381 e. The van der Waals surface area contributed by atoms with E-state index in [0.29, 0.717) is 53.5 Å². The van der Waals surface area contributed by atoms with Crippen LogP contribution in [0.1, 0.15) is 47.9 Å². The van der Waals surface area contributed by atoms with Gasteiger partial charge in [0.2, 0.25) is 5.91 Å². The lowest BCUT2D eigenvalue weighted by Crippen LogP contribution is -2.59. The Balaban J connectivity index is 1.21. The maximum atomic E-state index is 13.7. The van der Waals surface area contributed by atoms with Crippen LogP contribution in [-0.2, 0) is 28.4 Å². The number of nitrogens with one attached hydrogen (secondary N) is 1. The van der Waals surface area contributed by atoms with Gasteiger partial charge in [0.1, 0.15) is 0 Å². The molecule has 0 radical (unpaired) electrons. The topological polar surface area (TPSA) is 96.7 Å². The molecule has 6 rings (SSSR count). The molecule has 1 saturated carbocycles. The summed E-state index contributed by atoms with van der Waals surface area (Å²) in [5.74, 6) is -0.0714. The van der Waals surface area contributed by atoms with Crippen molar-refractivity contribution in [3.05, 3.63) is 69.8 Å². The van der Waals surface area contributed by atoms with Gasteiger partial charge in [0, 0.05) is 36.0 Å². The molecule has 240 valence electrons. The predicted molar refractivity (Wildman–Crippen MR) is 153 cm³/mol. The number of ether oxygens (including phenoxy) is 1. The van der Waals surface area contributed by atoms with Crippen LogP contribution in [0, 0.1) is 5.92 Å². The average molecular weight is 655 g/mol. The number of aliphatic hydroxyl groups is 1. The SMILES string of the molecule is O=C(NC1(CN2C(=O)S/C(=C\c3ccc4c(cnn4Cc4ccc(C(F)(F)F)cc4C(F)(F)F)c3)C2O)CCOCC1)C1CC1. The molecule has 3 aromatic rings. The highest BCUT2D eigenvalue weighted by atomic mass is 32.2. The molecule has 0 spiro atoms. The van der Waals surface area contributed by atoms with E-state index in [4.69, 9.17) is 4.74 Å². The monoisotopic (exact) mass is 654 g/mol. The highest BCUT2D eigenvalue weighted by Gasteiger charge is 2.45. The Kier molecular flexibility index (Phi) is 8.14. The van der Waals surface area contributed by atoms with E-state index in [9.17, 15) is 41.0 Å². The molecule has 1 unspecified atom stereocenters. The highest BCUT2D eigenvalue weighted by molar-refractivity contribution is 8.17. The van der Waals surface area contributed by atoms with Crippen LogP contribution in [0.4, 0.5) is 31.1 Å². The van der Waals surface area contributed by atoms with Gasteiger partial charge in [-0.2, -0.15) is 31.4 Å². The highest BCUT2D eigenvalue weighted by Crippen LogP contribution is 2.40. The molecule has 1 aromatic heterocycles. The van der Waals surface area contributed by atoms with Crippen LogP contribution in [0.5, 0.6) is 0 Å². The summed E-state index contributed by atoms with van der Waals surface area (Å²) in [6.07, 6.45) is -5.46. The maximum absolute atomic E-state index is 13.7. The molecule has 2 aliphatic heterocycles. The molecule has 3 aliphatic rings. The van der Waals surface area contributed by atoms with Crippen LogP contribution in [0.3, 0.4) is 0 Å². The molecule has 15 heteroatoms. The first kappa shape index (κ1) is 31.4. The molecule has 0 bridgehead atoms. The summed E-state index contributed by atoms with van der Waals surface area (Å²) in [5.41, 5.74) is -2.83. The number of aromatic nitrogens is 2. The second-order valence-electron chi connectivity index (χ2n) is 11.6. The van der Waals surface area contributed by atoms with E-state index in [-0.39, 0.29) is 35.2 Å². The number of carbonyl (C=O) groups excluding carboxylic acids is 2. The van der Waals surface area contributed by atoms with E-state index < -0.39 is 41.8 Å². The first-order valence-electron chi connectivity index (χ1n) is 14.2. The average Bonchev–Trinajstić information content (AvgIpc) is 3.71. The van der Waals surface area contributed by atoms with Crippen molar-refractivity contribution in [3.63, 3.8) is 0 Å². The molecule has 1 aliphatic carbocycles. The molecule has 2 saturated heterocycles. The van der Waals surface area contributed by atoms with E-state index in [1.807, 2.05) is 0 Å². The smallest absolute Gasteiger partial charge is 0.381 e. The van der Waals surface area contributed by atoms with Crippen LogP contribution in [0.15, 0.2) is 47.5 Å². The van der Waals surface area contributed by atoms with Crippen LogP contribution in [0.2, 0.25) is 0 Å². The summed E-state index contributed by atoms with van der Waals surface area (Å²) >= 11 is 0.867. The Labute approximate surface area is 257 Å². The molecule has 2 N–H and O–H groups in total. The van der Waals surface area contributed by atoms with E-state index in [2.05, 4.69) is 10.4 Å². The quantitative estimate of drug-likeness (QED) is 0.303. The summed E-state index contributed by atoms with van der Waals surface area (Å²) < 4.78 is 86.9. The summed E-state index contributed by atoms with van der Waals surface area (Å²) in [7, 11) is 0. The lowest BCUT2D eigenvalue weighted by Gasteiger charge is -2.41. The number of hydrogen-bond acceptors (Lipinski definition) is 6. The third-order valence-electron chi connectivity index (χ3n) is 8.29. The molecule has 1 atom stereocenters. The molecule has 3 fully saturated rings. The molecular weight excluding hydrogens is 626 g/mol. The fourth-order valence-electron chi connectivity index (χ4n) is 5.64. The van der Waals surface area contributed by atoms with Crippen LogP contribution in [0.25, 0.3) is 17.0 Å². The first-order valence-corrected chi connectivity index (χ1v) is 15.0. The standard InChI is InChI=1S/C30H28F6N4O4S/c31-29(32,33)21-5-4-19(22(13-21)30(34,35)36)15-40-23-6-1-17(11-20(23)14-37-40)12-24-26(42)39(27(43)45-24)16-28(7-9-44-10-8-28)38-25(41)18-2-3-18/h1,4-6,11-14,18,26,42H,2-3,7-10,15-16H2,(H,38,41)/b24-12-. The lowest BCUT2D eigenvalue weighted by molar-refractivity contribution is -0.143. The largest absolute Gasteiger partial charge is 0.416 e. The molecule has 2 aromatic carbocycles. The number of amides is 2. The molecule has 45 heavy (non-hydrogen) atoms. The first-order chi connectivity index (χ1) is 21.2. The van der Waals surface area contributed by atoms with Crippen molar-refractivity contribution in [2.24, 2.45) is 5.92 Å². The van der Waals surface area contributed by atoms with Crippen molar-refractivity contribution in [1.82, 2.24) is 20.0 Å². The van der Waals surface area contributed by atoms with Crippen molar-refractivity contribution >= 4 is 39.9 Å². The second kappa shape index (κ2) is 11.7. The third kappa shape index (κ3) is 6.70. The Bertz CT molecular complexity index is 1660. The van der Waals surface area contributed by atoms with Gasteiger partial charge in [-0.25, -0.2) is 0 Å². The fraction of sp³-hybridized carbons (Fsp3) is 0.433. The number of aliphatic hydroxyl groups excluding tert-OH is 1. The number of alkyl halides is 6. The number of benzene rings is 2. The second-order valence-corrected chi connectivity index (χ2v) is 12.6. The van der Waals surface area contributed by atoms with Crippen molar-refractivity contribution in [2.75, 3.05) is 19.8 Å². The van der Waals surface area contributed by atoms with Crippen LogP contribution in [-0.4, -0.2) is 62.5 Å². The number of carbonyl (C=O) groups is 2. The normalized spacial score (nSPS) is 21.6. The third-order valence-corrected chi connectivity index (χ3v) is 9.26. The zero-order valence-corrected chi connectivity index (χ0v) is 24.4. The minimum absolute atomic E-state index is 0.0188. The predicted octanol–water partition coefficient (Wildman–Crippen LogP) is 6.03. The number of rotatable bonds is 7. The lowest BCUT2D eigenvalue weighted by atomic mass is 9.88. The van der Waals surface area contributed by atoms with Crippen molar-refractivity contribution in [3.8, 4) is 0 Å².